The molecule has 2 aromatic rings. The third kappa shape index (κ3) is 6.47. The second kappa shape index (κ2) is 11.3. The zero-order valence-electron chi connectivity index (χ0n) is 15.3. The highest BCUT2D eigenvalue weighted by Gasteiger charge is 2.10. The van der Waals surface area contributed by atoms with Gasteiger partial charge in [-0.1, -0.05) is 25.1 Å². The second-order valence-corrected chi connectivity index (χ2v) is 6.37. The molecule has 0 atom stereocenters. The van der Waals surface area contributed by atoms with Gasteiger partial charge in [0.2, 0.25) is 0 Å². The van der Waals surface area contributed by atoms with E-state index < -0.39 is 0 Å². The number of aryl methyl sites for hydroxylation is 1. The number of thiazole rings is 1. The van der Waals surface area contributed by atoms with Crippen LogP contribution in [-0.2, 0) is 19.5 Å². The van der Waals surface area contributed by atoms with Crippen LogP contribution in [0.25, 0.3) is 0 Å². The summed E-state index contributed by atoms with van der Waals surface area (Å²) in [5.74, 6) is 1.77. The first-order valence-electron chi connectivity index (χ1n) is 8.22. The standard InChI is InChI=1S/C18H26N4OS.HI/c1-5-17-21-15(13-24-17)11-20-18(19-6-2)22(3)12-14-9-7-8-10-16(14)23-4;/h7-10,13H,5-6,11-12H2,1-4H3,(H,19,20);1H. The fraction of sp³-hybridized carbons (Fsp3) is 0.444. The fourth-order valence-corrected chi connectivity index (χ4v) is 3.11. The average molecular weight is 474 g/mol. The third-order valence-corrected chi connectivity index (χ3v) is 4.63. The Bertz CT molecular complexity index is 675. The summed E-state index contributed by atoms with van der Waals surface area (Å²) in [6, 6.07) is 8.06. The molecule has 25 heavy (non-hydrogen) atoms. The van der Waals surface area contributed by atoms with Gasteiger partial charge in [-0.3, -0.25) is 0 Å². The van der Waals surface area contributed by atoms with E-state index in [-0.39, 0.29) is 24.0 Å². The molecule has 5 nitrogen and oxygen atoms in total. The molecule has 0 aliphatic carbocycles. The van der Waals surface area contributed by atoms with Crippen LogP contribution in [0.5, 0.6) is 5.75 Å². The molecular formula is C18H27IN4OS. The van der Waals surface area contributed by atoms with Crippen molar-refractivity contribution in [3.05, 3.63) is 45.9 Å². The second-order valence-electron chi connectivity index (χ2n) is 5.42. The van der Waals surface area contributed by atoms with Crippen molar-refractivity contribution in [3.63, 3.8) is 0 Å². The van der Waals surface area contributed by atoms with Gasteiger partial charge in [-0.2, -0.15) is 0 Å². The number of ether oxygens (including phenoxy) is 1. The van der Waals surface area contributed by atoms with Crippen molar-refractivity contribution in [2.75, 3.05) is 20.7 Å². The first-order valence-corrected chi connectivity index (χ1v) is 9.10. The Morgan fingerprint density at radius 1 is 1.32 bits per heavy atom. The quantitative estimate of drug-likeness (QED) is 0.376. The SMILES string of the molecule is CCNC(=NCc1csc(CC)n1)N(C)Cc1ccccc1OC.I. The molecule has 0 unspecified atom stereocenters. The van der Waals surface area contributed by atoms with Crippen molar-refractivity contribution in [2.45, 2.75) is 33.4 Å². The van der Waals surface area contributed by atoms with Crippen LogP contribution in [0.1, 0.15) is 30.1 Å². The molecule has 1 aromatic carbocycles. The fourth-order valence-electron chi connectivity index (χ4n) is 2.37. The Labute approximate surface area is 171 Å². The first-order chi connectivity index (χ1) is 11.7. The molecule has 1 N–H and O–H groups in total. The summed E-state index contributed by atoms with van der Waals surface area (Å²) in [4.78, 5) is 11.4. The van der Waals surface area contributed by atoms with E-state index in [0.29, 0.717) is 6.54 Å². The number of halogens is 1. The minimum absolute atomic E-state index is 0. The van der Waals surface area contributed by atoms with E-state index in [1.54, 1.807) is 18.4 Å². The number of aliphatic imine (C=N–C) groups is 1. The van der Waals surface area contributed by atoms with Crippen LogP contribution in [0.2, 0.25) is 0 Å². The van der Waals surface area contributed by atoms with Gasteiger partial charge in [0.05, 0.1) is 24.4 Å². The average Bonchev–Trinajstić information content (AvgIpc) is 3.07. The minimum atomic E-state index is 0. The van der Waals surface area contributed by atoms with Gasteiger partial charge in [0.25, 0.3) is 0 Å². The van der Waals surface area contributed by atoms with Crippen molar-refractivity contribution >= 4 is 41.3 Å². The number of rotatable bonds is 7. The number of para-hydroxylation sites is 1. The number of guanidine groups is 1. The summed E-state index contributed by atoms with van der Waals surface area (Å²) in [7, 11) is 3.73. The third-order valence-electron chi connectivity index (χ3n) is 3.59. The summed E-state index contributed by atoms with van der Waals surface area (Å²) < 4.78 is 5.43. The highest BCUT2D eigenvalue weighted by atomic mass is 127. The van der Waals surface area contributed by atoms with Crippen LogP contribution in [0.15, 0.2) is 34.6 Å². The van der Waals surface area contributed by atoms with Crippen molar-refractivity contribution in [1.82, 2.24) is 15.2 Å². The van der Waals surface area contributed by atoms with Gasteiger partial charge < -0.3 is 15.0 Å². The highest BCUT2D eigenvalue weighted by molar-refractivity contribution is 14.0. The summed E-state index contributed by atoms with van der Waals surface area (Å²) in [5.41, 5.74) is 2.16. The molecule has 138 valence electrons. The lowest BCUT2D eigenvalue weighted by molar-refractivity contribution is 0.396. The Balaban J connectivity index is 0.00000312. The molecule has 2 rings (SSSR count). The van der Waals surface area contributed by atoms with Gasteiger partial charge in [-0.15, -0.1) is 35.3 Å². The number of benzene rings is 1. The van der Waals surface area contributed by atoms with Gasteiger partial charge in [-0.05, 0) is 19.4 Å². The molecule has 1 aromatic heterocycles. The van der Waals surface area contributed by atoms with Crippen LogP contribution >= 0.6 is 35.3 Å². The highest BCUT2D eigenvalue weighted by Crippen LogP contribution is 2.19. The van der Waals surface area contributed by atoms with Gasteiger partial charge in [0, 0.05) is 31.1 Å². The minimum Gasteiger partial charge on any atom is -0.496 e. The number of hydrogen-bond acceptors (Lipinski definition) is 4. The largest absolute Gasteiger partial charge is 0.496 e. The number of nitrogens with one attached hydrogen (secondary N) is 1. The summed E-state index contributed by atoms with van der Waals surface area (Å²) >= 11 is 1.70. The van der Waals surface area contributed by atoms with E-state index in [4.69, 9.17) is 9.73 Å². The zero-order valence-corrected chi connectivity index (χ0v) is 18.4. The first kappa shape index (κ1) is 21.7. The molecular weight excluding hydrogens is 447 g/mol. The van der Waals surface area contributed by atoms with Crippen LogP contribution in [-0.4, -0.2) is 36.5 Å². The molecule has 0 aliphatic rings. The maximum atomic E-state index is 5.43. The predicted octanol–water partition coefficient (Wildman–Crippen LogP) is 3.93. The van der Waals surface area contributed by atoms with Crippen molar-refractivity contribution in [2.24, 2.45) is 4.99 Å². The molecule has 7 heteroatoms. The molecule has 0 bridgehead atoms. The summed E-state index contributed by atoms with van der Waals surface area (Å²) in [6.45, 7) is 6.34. The van der Waals surface area contributed by atoms with E-state index >= 15 is 0 Å². The van der Waals surface area contributed by atoms with E-state index in [1.165, 1.54) is 0 Å². The zero-order chi connectivity index (χ0) is 17.4. The maximum absolute atomic E-state index is 5.43. The Kier molecular flexibility index (Phi) is 9.81. The van der Waals surface area contributed by atoms with Crippen LogP contribution < -0.4 is 10.1 Å². The van der Waals surface area contributed by atoms with E-state index in [9.17, 15) is 0 Å². The van der Waals surface area contributed by atoms with Crippen molar-refractivity contribution in [3.8, 4) is 5.75 Å². The maximum Gasteiger partial charge on any atom is 0.194 e. The number of nitrogens with zero attached hydrogens (tertiary/aromatic N) is 3. The Hall–Kier alpha value is -1.35. The molecule has 0 saturated carbocycles. The Morgan fingerprint density at radius 3 is 2.72 bits per heavy atom. The number of hydrogen-bond donors (Lipinski definition) is 1. The normalized spacial score (nSPS) is 11.0. The summed E-state index contributed by atoms with van der Waals surface area (Å²) in [5, 5.41) is 6.59. The van der Waals surface area contributed by atoms with E-state index in [2.05, 4.69) is 40.5 Å². The van der Waals surface area contributed by atoms with E-state index in [0.717, 1.165) is 47.5 Å². The Morgan fingerprint density at radius 2 is 2.08 bits per heavy atom. The molecule has 0 saturated heterocycles. The molecule has 0 amide bonds. The lowest BCUT2D eigenvalue weighted by atomic mass is 10.2. The lowest BCUT2D eigenvalue weighted by Gasteiger charge is -2.23. The van der Waals surface area contributed by atoms with Gasteiger partial charge in [-0.25, -0.2) is 9.98 Å². The van der Waals surface area contributed by atoms with Crippen molar-refractivity contribution in [1.29, 1.82) is 0 Å². The van der Waals surface area contributed by atoms with Crippen LogP contribution in [0, 0.1) is 0 Å². The molecule has 0 spiro atoms. The number of aromatic nitrogens is 1. The monoisotopic (exact) mass is 474 g/mol. The van der Waals surface area contributed by atoms with E-state index in [1.807, 2.05) is 25.2 Å². The number of methoxy groups -OCH3 is 1. The molecule has 0 radical (unpaired) electrons. The van der Waals surface area contributed by atoms with Gasteiger partial charge in [0.15, 0.2) is 5.96 Å². The smallest absolute Gasteiger partial charge is 0.194 e. The van der Waals surface area contributed by atoms with Crippen molar-refractivity contribution < 1.29 is 4.74 Å². The molecule has 0 fully saturated rings. The van der Waals surface area contributed by atoms with Gasteiger partial charge >= 0.3 is 0 Å². The summed E-state index contributed by atoms with van der Waals surface area (Å²) in [6.07, 6.45) is 0.974. The van der Waals surface area contributed by atoms with Gasteiger partial charge in [0.1, 0.15) is 5.75 Å². The lowest BCUT2D eigenvalue weighted by Crippen LogP contribution is -2.38. The topological polar surface area (TPSA) is 49.8 Å². The van der Waals surface area contributed by atoms with Crippen LogP contribution in [0.4, 0.5) is 0 Å². The predicted molar refractivity (Wildman–Crippen MR) is 116 cm³/mol. The molecule has 0 aliphatic heterocycles. The molecule has 1 heterocycles. The van der Waals surface area contributed by atoms with Crippen LogP contribution in [0.3, 0.4) is 0 Å².